The number of aromatic nitrogens is 3. The Balaban J connectivity index is 1.71. The van der Waals surface area contributed by atoms with Crippen LogP contribution in [0.25, 0.3) is 22.4 Å². The van der Waals surface area contributed by atoms with Crippen LogP contribution in [0.15, 0.2) is 77.9 Å². The minimum Gasteiger partial charge on any atom is -0.354 e. The van der Waals surface area contributed by atoms with Crippen molar-refractivity contribution in [1.82, 2.24) is 14.5 Å². The first-order chi connectivity index (χ1) is 15.9. The summed E-state index contributed by atoms with van der Waals surface area (Å²) in [4.78, 5) is 22.4. The van der Waals surface area contributed by atoms with Crippen molar-refractivity contribution in [1.29, 1.82) is 0 Å². The van der Waals surface area contributed by atoms with Crippen LogP contribution >= 0.6 is 23.2 Å². The fraction of sp³-hybridized carbons (Fsp3) is 0.160. The maximum absolute atomic E-state index is 13.5. The van der Waals surface area contributed by atoms with Crippen molar-refractivity contribution in [2.24, 2.45) is 12.8 Å². The van der Waals surface area contributed by atoms with E-state index in [1.54, 1.807) is 37.6 Å². The highest BCUT2D eigenvalue weighted by atomic mass is 35.5. The molecular weight excluding hydrogens is 457 g/mol. The van der Waals surface area contributed by atoms with Gasteiger partial charge in [0.05, 0.1) is 21.3 Å². The molecule has 0 aliphatic rings. The van der Waals surface area contributed by atoms with Crippen molar-refractivity contribution in [3.05, 3.63) is 99.0 Å². The number of nitrogens with zero attached hydrogens (tertiary/aromatic N) is 3. The van der Waals surface area contributed by atoms with Crippen LogP contribution < -0.4 is 16.6 Å². The number of hydrogen-bond acceptors (Lipinski definition) is 5. The average Bonchev–Trinajstić information content (AvgIpc) is 2.83. The first-order valence-corrected chi connectivity index (χ1v) is 11.2. The van der Waals surface area contributed by atoms with Crippen LogP contribution in [-0.2, 0) is 13.5 Å². The molecule has 8 heteroatoms. The molecule has 168 valence electrons. The molecule has 4 rings (SSSR count). The Morgan fingerprint density at radius 1 is 1.00 bits per heavy atom. The van der Waals surface area contributed by atoms with Gasteiger partial charge in [-0.25, -0.2) is 4.98 Å². The van der Waals surface area contributed by atoms with Crippen molar-refractivity contribution in [3.63, 3.8) is 0 Å². The van der Waals surface area contributed by atoms with E-state index < -0.39 is 0 Å². The normalized spacial score (nSPS) is 11.9. The molecule has 6 nitrogen and oxygen atoms in total. The van der Waals surface area contributed by atoms with E-state index >= 15 is 0 Å². The molecule has 2 aromatic heterocycles. The molecule has 0 saturated carbocycles. The third-order valence-corrected chi connectivity index (χ3v) is 6.05. The maximum Gasteiger partial charge on any atom is 0.263 e. The van der Waals surface area contributed by atoms with Crippen molar-refractivity contribution in [2.75, 3.05) is 11.9 Å². The van der Waals surface area contributed by atoms with Gasteiger partial charge < -0.3 is 11.1 Å². The van der Waals surface area contributed by atoms with E-state index in [0.717, 1.165) is 11.1 Å². The van der Waals surface area contributed by atoms with Crippen LogP contribution in [0.3, 0.4) is 0 Å². The van der Waals surface area contributed by atoms with Crippen molar-refractivity contribution >= 4 is 29.2 Å². The molecule has 0 bridgehead atoms. The molecular formula is C25H23Cl2N5O. The number of anilines is 1. The summed E-state index contributed by atoms with van der Waals surface area (Å²) in [5.74, 6) is 0.430. The molecule has 0 radical (unpaired) electrons. The van der Waals surface area contributed by atoms with Crippen LogP contribution in [0.2, 0.25) is 10.0 Å². The molecule has 0 aliphatic heterocycles. The second-order valence-corrected chi connectivity index (χ2v) is 8.53. The molecule has 0 aliphatic carbocycles. The van der Waals surface area contributed by atoms with Crippen LogP contribution in [0.5, 0.6) is 0 Å². The summed E-state index contributed by atoms with van der Waals surface area (Å²) in [6.07, 6.45) is 4.03. The summed E-state index contributed by atoms with van der Waals surface area (Å²) >= 11 is 12.3. The van der Waals surface area contributed by atoms with Gasteiger partial charge >= 0.3 is 0 Å². The van der Waals surface area contributed by atoms with Gasteiger partial charge in [-0.05, 0) is 41.8 Å². The lowest BCUT2D eigenvalue weighted by molar-refractivity contribution is 0.688. The van der Waals surface area contributed by atoms with E-state index in [4.69, 9.17) is 33.9 Å². The van der Waals surface area contributed by atoms with E-state index in [2.05, 4.69) is 10.3 Å². The maximum atomic E-state index is 13.5. The summed E-state index contributed by atoms with van der Waals surface area (Å²) < 4.78 is 1.48. The predicted molar refractivity (Wildman–Crippen MR) is 135 cm³/mol. The molecule has 2 aromatic carbocycles. The zero-order chi connectivity index (χ0) is 23.4. The van der Waals surface area contributed by atoms with Crippen LogP contribution in [0.4, 0.5) is 5.95 Å². The smallest absolute Gasteiger partial charge is 0.263 e. The molecule has 0 spiro atoms. The van der Waals surface area contributed by atoms with Gasteiger partial charge in [-0.15, -0.1) is 0 Å². The number of benzene rings is 2. The molecule has 0 saturated heterocycles. The fourth-order valence-corrected chi connectivity index (χ4v) is 3.90. The molecule has 2 heterocycles. The van der Waals surface area contributed by atoms with Gasteiger partial charge in [-0.3, -0.25) is 14.3 Å². The summed E-state index contributed by atoms with van der Waals surface area (Å²) in [6, 6.07) is 18.6. The number of nitrogens with one attached hydrogen (secondary N) is 1. The number of nitrogens with two attached hydrogens (primary N) is 1. The minimum atomic E-state index is -0.214. The first kappa shape index (κ1) is 23.0. The van der Waals surface area contributed by atoms with Crippen molar-refractivity contribution in [3.8, 4) is 22.4 Å². The zero-order valence-electron chi connectivity index (χ0n) is 18.0. The third-order valence-electron chi connectivity index (χ3n) is 5.32. The summed E-state index contributed by atoms with van der Waals surface area (Å²) in [5.41, 5.74) is 9.63. The van der Waals surface area contributed by atoms with Gasteiger partial charge in [0.1, 0.15) is 0 Å². The SMILES string of the molecule is Cn1c(NC[C@H](N)Cc2ccccc2)nc(-c2ccncc2)c(-c2ccc(Cl)c(Cl)c2)c1=O. The fourth-order valence-electron chi connectivity index (χ4n) is 3.60. The summed E-state index contributed by atoms with van der Waals surface area (Å²) in [5, 5.41) is 4.03. The Kier molecular flexibility index (Phi) is 7.08. The van der Waals surface area contributed by atoms with Gasteiger partial charge in [0.2, 0.25) is 5.95 Å². The highest BCUT2D eigenvalue weighted by molar-refractivity contribution is 6.42. The van der Waals surface area contributed by atoms with E-state index in [9.17, 15) is 4.79 Å². The van der Waals surface area contributed by atoms with Gasteiger partial charge in [-0.1, -0.05) is 59.6 Å². The van der Waals surface area contributed by atoms with Gasteiger partial charge in [0, 0.05) is 37.6 Å². The number of hydrogen-bond donors (Lipinski definition) is 2. The zero-order valence-corrected chi connectivity index (χ0v) is 19.5. The lowest BCUT2D eigenvalue weighted by atomic mass is 10.0. The standard InChI is InChI=1S/C25H23Cl2N5O/c1-32-24(33)22(18-7-8-20(26)21(27)14-18)23(17-9-11-29-12-10-17)31-25(32)30-15-19(28)13-16-5-3-2-4-6-16/h2-12,14,19H,13,15,28H2,1H3,(H,30,31)/t19-/m1/s1. The topological polar surface area (TPSA) is 85.8 Å². The van der Waals surface area contributed by atoms with E-state index in [-0.39, 0.29) is 11.6 Å². The molecule has 33 heavy (non-hydrogen) atoms. The molecule has 0 fully saturated rings. The summed E-state index contributed by atoms with van der Waals surface area (Å²) in [6.45, 7) is 0.455. The second-order valence-electron chi connectivity index (χ2n) is 7.72. The third kappa shape index (κ3) is 5.25. The Morgan fingerprint density at radius 2 is 1.73 bits per heavy atom. The largest absolute Gasteiger partial charge is 0.354 e. The van der Waals surface area contributed by atoms with Crippen LogP contribution in [0, 0.1) is 0 Å². The highest BCUT2D eigenvalue weighted by Crippen LogP contribution is 2.32. The van der Waals surface area contributed by atoms with Gasteiger partial charge in [0.15, 0.2) is 0 Å². The molecule has 3 N–H and O–H groups in total. The lowest BCUT2D eigenvalue weighted by Gasteiger charge is -2.18. The monoisotopic (exact) mass is 479 g/mol. The Morgan fingerprint density at radius 3 is 2.42 bits per heavy atom. The number of rotatable bonds is 7. The van der Waals surface area contributed by atoms with Crippen molar-refractivity contribution in [2.45, 2.75) is 12.5 Å². The second kappa shape index (κ2) is 10.2. The average molecular weight is 480 g/mol. The lowest BCUT2D eigenvalue weighted by Crippen LogP contribution is -2.34. The van der Waals surface area contributed by atoms with Crippen LogP contribution in [-0.4, -0.2) is 27.1 Å². The Labute approximate surface area is 202 Å². The molecule has 0 amide bonds. The number of pyridine rings is 1. The molecule has 4 aromatic rings. The highest BCUT2D eigenvalue weighted by Gasteiger charge is 2.19. The van der Waals surface area contributed by atoms with Gasteiger partial charge in [-0.2, -0.15) is 0 Å². The predicted octanol–water partition coefficient (Wildman–Crippen LogP) is 4.80. The molecule has 1 atom stereocenters. The van der Waals surface area contributed by atoms with Crippen molar-refractivity contribution < 1.29 is 0 Å². The van der Waals surface area contributed by atoms with Crippen LogP contribution in [0.1, 0.15) is 5.56 Å². The Bertz CT molecular complexity index is 1310. The Hall–Kier alpha value is -3.19. The van der Waals surface area contributed by atoms with E-state index in [1.165, 1.54) is 4.57 Å². The first-order valence-electron chi connectivity index (χ1n) is 10.4. The minimum absolute atomic E-state index is 0.150. The molecule has 0 unspecified atom stereocenters. The van der Waals surface area contributed by atoms with Gasteiger partial charge in [0.25, 0.3) is 5.56 Å². The van der Waals surface area contributed by atoms with E-state index in [1.807, 2.05) is 42.5 Å². The number of halogens is 2. The summed E-state index contributed by atoms with van der Waals surface area (Å²) in [7, 11) is 1.68. The van der Waals surface area contributed by atoms with E-state index in [0.29, 0.717) is 45.8 Å². The quantitative estimate of drug-likeness (QED) is 0.397.